The smallest absolute Gasteiger partial charge is 0.416 e. The Balaban J connectivity index is 1.94. The van der Waals surface area contributed by atoms with Gasteiger partial charge in [-0.25, -0.2) is 4.39 Å². The fourth-order valence-corrected chi connectivity index (χ4v) is 2.53. The summed E-state index contributed by atoms with van der Waals surface area (Å²) in [5.74, 6) is -2.56. The van der Waals surface area contributed by atoms with Gasteiger partial charge in [0.05, 0.1) is 22.7 Å². The maximum absolute atomic E-state index is 13.8. The monoisotopic (exact) mass is 491 g/mol. The van der Waals surface area contributed by atoms with Gasteiger partial charge in [-0.15, -0.1) is 0 Å². The Bertz CT molecular complexity index is 1000. The number of nitro groups is 1. The van der Waals surface area contributed by atoms with Gasteiger partial charge in [0.25, 0.3) is 11.6 Å². The highest BCUT2D eigenvalue weighted by Crippen LogP contribution is 2.33. The van der Waals surface area contributed by atoms with Crippen molar-refractivity contribution >= 4 is 11.6 Å². The van der Waals surface area contributed by atoms with Crippen LogP contribution in [0.3, 0.4) is 0 Å². The van der Waals surface area contributed by atoms with Gasteiger partial charge >= 0.3 is 6.18 Å². The molecule has 0 saturated carbocycles. The van der Waals surface area contributed by atoms with Crippen LogP contribution in [0.2, 0.25) is 0 Å². The van der Waals surface area contributed by atoms with Crippen LogP contribution in [-0.2, 0) is 15.7 Å². The number of nitrogens with zero attached hydrogens (tertiary/aromatic N) is 2. The van der Waals surface area contributed by atoms with Crippen LogP contribution >= 0.6 is 0 Å². The van der Waals surface area contributed by atoms with Crippen LogP contribution in [0, 0.1) is 15.9 Å². The molecule has 2 rings (SSSR count). The van der Waals surface area contributed by atoms with Crippen molar-refractivity contribution in [2.24, 2.45) is 0 Å². The van der Waals surface area contributed by atoms with Crippen LogP contribution < -0.4 is 14.8 Å². The van der Waals surface area contributed by atoms with Crippen LogP contribution in [0.15, 0.2) is 30.3 Å². The number of hydrogen-bond acceptors (Lipinski definition) is 8. The number of amides is 1. The van der Waals surface area contributed by atoms with E-state index in [4.69, 9.17) is 18.9 Å². The Labute approximate surface area is 190 Å². The van der Waals surface area contributed by atoms with Crippen LogP contribution in [-0.4, -0.2) is 56.1 Å². The number of carbonyl (C=O) groups excluding carboxylic acids is 1. The average molecular weight is 491 g/mol. The Kier molecular flexibility index (Phi) is 9.50. The first-order valence-corrected chi connectivity index (χ1v) is 9.67. The molecular weight excluding hydrogens is 470 g/mol. The van der Waals surface area contributed by atoms with Crippen molar-refractivity contribution in [1.29, 1.82) is 0 Å². The minimum atomic E-state index is -4.68. The van der Waals surface area contributed by atoms with E-state index < -0.39 is 45.9 Å². The van der Waals surface area contributed by atoms with Gasteiger partial charge in [-0.2, -0.15) is 18.2 Å². The molecule has 0 aliphatic rings. The van der Waals surface area contributed by atoms with Crippen molar-refractivity contribution in [3.05, 3.63) is 57.4 Å². The summed E-state index contributed by atoms with van der Waals surface area (Å²) in [4.78, 5) is 25.9. The zero-order chi connectivity index (χ0) is 25.3. The lowest BCUT2D eigenvalue weighted by Gasteiger charge is -2.16. The number of halogens is 4. The van der Waals surface area contributed by atoms with Crippen LogP contribution in [0.25, 0.3) is 0 Å². The lowest BCUT2D eigenvalue weighted by atomic mass is 10.1. The summed E-state index contributed by atoms with van der Waals surface area (Å²) in [6.07, 6.45) is -5.39. The van der Waals surface area contributed by atoms with Crippen LogP contribution in [0.4, 0.5) is 23.2 Å². The minimum absolute atomic E-state index is 0.0490. The van der Waals surface area contributed by atoms with E-state index in [-0.39, 0.29) is 37.9 Å². The third-order valence-corrected chi connectivity index (χ3v) is 4.26. The fraction of sp³-hybridized carbons (Fsp3) is 0.400. The molecule has 0 atom stereocenters. The lowest BCUT2D eigenvalue weighted by Crippen LogP contribution is -2.26. The minimum Gasteiger partial charge on any atom is -0.477 e. The molecule has 10 nitrogen and oxygen atoms in total. The van der Waals surface area contributed by atoms with Crippen molar-refractivity contribution in [3.63, 3.8) is 0 Å². The summed E-state index contributed by atoms with van der Waals surface area (Å²) >= 11 is 0. The highest BCUT2D eigenvalue weighted by atomic mass is 19.4. The van der Waals surface area contributed by atoms with Gasteiger partial charge in [0.2, 0.25) is 11.8 Å². The molecule has 0 aliphatic carbocycles. The molecule has 0 radical (unpaired) electrons. The summed E-state index contributed by atoms with van der Waals surface area (Å²) in [5, 5.41) is 13.1. The van der Waals surface area contributed by atoms with Gasteiger partial charge in [0, 0.05) is 45.0 Å². The normalized spacial score (nSPS) is 11.4. The topological polar surface area (TPSA) is 122 Å². The summed E-state index contributed by atoms with van der Waals surface area (Å²) in [7, 11) is 2.66. The first-order chi connectivity index (χ1) is 16.0. The third kappa shape index (κ3) is 7.81. The number of nitrogens with one attached hydrogen (secondary N) is 1. The zero-order valence-corrected chi connectivity index (χ0v) is 18.1. The van der Waals surface area contributed by atoms with E-state index in [0.29, 0.717) is 12.1 Å². The van der Waals surface area contributed by atoms with E-state index in [2.05, 4.69) is 10.3 Å². The van der Waals surface area contributed by atoms with E-state index in [0.717, 1.165) is 18.2 Å². The van der Waals surface area contributed by atoms with Gasteiger partial charge in [0.1, 0.15) is 12.4 Å². The van der Waals surface area contributed by atoms with E-state index >= 15 is 0 Å². The quantitative estimate of drug-likeness (QED) is 0.158. The van der Waals surface area contributed by atoms with Gasteiger partial charge < -0.3 is 24.3 Å². The number of rotatable bonds is 12. The second-order valence-electron chi connectivity index (χ2n) is 6.62. The predicted molar refractivity (Wildman–Crippen MR) is 108 cm³/mol. The Morgan fingerprint density at radius 2 is 1.79 bits per heavy atom. The van der Waals surface area contributed by atoms with Crippen molar-refractivity contribution in [3.8, 4) is 11.8 Å². The Morgan fingerprint density at radius 3 is 2.38 bits per heavy atom. The molecule has 0 aliphatic heterocycles. The average Bonchev–Trinajstić information content (AvgIpc) is 2.78. The molecule has 1 amide bonds. The van der Waals surface area contributed by atoms with E-state index in [1.165, 1.54) is 14.2 Å². The summed E-state index contributed by atoms with van der Waals surface area (Å²) < 4.78 is 73.5. The molecule has 1 heterocycles. The number of non-ortho nitro benzene ring substituents is 1. The lowest BCUT2D eigenvalue weighted by molar-refractivity contribution is -0.384. The molecule has 1 aromatic carbocycles. The maximum atomic E-state index is 13.8. The number of hydrogen-bond donors (Lipinski definition) is 1. The molecule has 34 heavy (non-hydrogen) atoms. The Morgan fingerprint density at radius 1 is 1.15 bits per heavy atom. The number of pyridine rings is 1. The van der Waals surface area contributed by atoms with Crippen molar-refractivity contribution in [2.45, 2.75) is 18.9 Å². The fourth-order valence-electron chi connectivity index (χ4n) is 2.53. The van der Waals surface area contributed by atoms with Gasteiger partial charge in [-0.1, -0.05) is 0 Å². The van der Waals surface area contributed by atoms with Crippen LogP contribution in [0.5, 0.6) is 11.8 Å². The number of benzene rings is 1. The van der Waals surface area contributed by atoms with Gasteiger partial charge in [-0.05, 0) is 12.5 Å². The standard InChI is InChI=1S/C20H21F4N3O7/c1-31-18(32-2)11-34-17-9-12(20(22,23)24)8-16(26-17)33-7-3-6-25-19(28)14-10-13(27(29)30)4-5-15(14)21/h4-5,8-10,18H,3,6-7,11H2,1-2H3,(H,25,28). The van der Waals surface area contributed by atoms with Crippen molar-refractivity contribution in [1.82, 2.24) is 10.3 Å². The number of methoxy groups -OCH3 is 2. The summed E-state index contributed by atoms with van der Waals surface area (Å²) in [5.41, 5.74) is -2.01. The predicted octanol–water partition coefficient (Wildman–Crippen LogP) is 3.34. The van der Waals surface area contributed by atoms with Crippen molar-refractivity contribution < 1.29 is 46.2 Å². The van der Waals surface area contributed by atoms with Gasteiger partial charge in [-0.3, -0.25) is 14.9 Å². The number of ether oxygens (including phenoxy) is 4. The Hall–Kier alpha value is -3.52. The second kappa shape index (κ2) is 12.1. The highest BCUT2D eigenvalue weighted by Gasteiger charge is 2.32. The number of alkyl halides is 3. The largest absolute Gasteiger partial charge is 0.477 e. The molecule has 0 fully saturated rings. The van der Waals surface area contributed by atoms with Crippen molar-refractivity contribution in [2.75, 3.05) is 34.0 Å². The first kappa shape index (κ1) is 26.7. The SMILES string of the molecule is COC(COc1cc(C(F)(F)F)cc(OCCCNC(=O)c2cc([N+](=O)[O-])ccc2F)n1)OC. The molecule has 1 aromatic heterocycles. The van der Waals surface area contributed by atoms with Gasteiger partial charge in [0.15, 0.2) is 6.29 Å². The first-order valence-electron chi connectivity index (χ1n) is 9.67. The summed E-state index contributed by atoms with van der Waals surface area (Å²) in [6.45, 7) is -0.419. The van der Waals surface area contributed by atoms with E-state index in [9.17, 15) is 32.5 Å². The molecular formula is C20H21F4N3O7. The zero-order valence-electron chi connectivity index (χ0n) is 18.1. The number of aromatic nitrogens is 1. The highest BCUT2D eigenvalue weighted by molar-refractivity contribution is 5.95. The third-order valence-electron chi connectivity index (χ3n) is 4.26. The molecule has 14 heteroatoms. The second-order valence-corrected chi connectivity index (χ2v) is 6.62. The molecule has 2 aromatic rings. The molecule has 0 saturated heterocycles. The van der Waals surface area contributed by atoms with Crippen LogP contribution in [0.1, 0.15) is 22.3 Å². The molecule has 0 spiro atoms. The maximum Gasteiger partial charge on any atom is 0.416 e. The summed E-state index contributed by atoms with van der Waals surface area (Å²) in [6, 6.07) is 3.91. The molecule has 186 valence electrons. The molecule has 0 unspecified atom stereocenters. The molecule has 0 bridgehead atoms. The molecule has 1 N–H and O–H groups in total. The number of nitro benzene ring substituents is 1. The van der Waals surface area contributed by atoms with E-state index in [1.807, 2.05) is 0 Å². The van der Waals surface area contributed by atoms with E-state index in [1.54, 1.807) is 0 Å². The number of carbonyl (C=O) groups is 1.